The van der Waals surface area contributed by atoms with Crippen molar-refractivity contribution in [3.05, 3.63) is 99.8 Å². The molecule has 0 unspecified atom stereocenters. The van der Waals surface area contributed by atoms with Gasteiger partial charge >= 0.3 is 0 Å². The predicted octanol–water partition coefficient (Wildman–Crippen LogP) is 7.19. The van der Waals surface area contributed by atoms with Crippen LogP contribution in [0.4, 0.5) is 0 Å². The van der Waals surface area contributed by atoms with Gasteiger partial charge in [0.25, 0.3) is 0 Å². The highest BCUT2D eigenvalue weighted by molar-refractivity contribution is 7.11. The van der Waals surface area contributed by atoms with Gasteiger partial charge in [-0.1, -0.05) is 84.4 Å². The molecule has 134 valence electrons. The standard InChI is InChI=1S/C24H15ClN2S/c25-22-9-5-4-8-20(22)14-21(15-26)24-27-23(16-28-24)19-12-10-18(11-13-19)17-6-2-1-3-7-17/h1-14,16H/b21-14+. The fraction of sp³-hybridized carbons (Fsp3) is 0. The minimum atomic E-state index is 0.505. The van der Waals surface area contributed by atoms with Crippen LogP contribution in [-0.4, -0.2) is 4.98 Å². The summed E-state index contributed by atoms with van der Waals surface area (Å²) in [5, 5.41) is 12.9. The lowest BCUT2D eigenvalue weighted by molar-refractivity contribution is 1.37. The molecule has 0 aliphatic heterocycles. The van der Waals surface area contributed by atoms with Gasteiger partial charge in [-0.25, -0.2) is 4.98 Å². The van der Waals surface area contributed by atoms with Crippen LogP contribution in [0.1, 0.15) is 10.6 Å². The number of halogens is 1. The largest absolute Gasteiger partial charge is 0.235 e. The molecule has 3 aromatic carbocycles. The van der Waals surface area contributed by atoms with Crippen LogP contribution in [0.25, 0.3) is 34.0 Å². The van der Waals surface area contributed by atoms with E-state index in [0.717, 1.165) is 22.4 Å². The third-order valence-corrected chi connectivity index (χ3v) is 5.57. The number of allylic oxidation sites excluding steroid dienone is 1. The second-order valence-electron chi connectivity index (χ2n) is 6.17. The molecule has 4 rings (SSSR count). The summed E-state index contributed by atoms with van der Waals surface area (Å²) in [6.07, 6.45) is 1.78. The lowest BCUT2D eigenvalue weighted by atomic mass is 10.0. The molecule has 0 N–H and O–H groups in total. The Morgan fingerprint density at radius 2 is 1.50 bits per heavy atom. The third kappa shape index (κ3) is 3.89. The van der Waals surface area contributed by atoms with E-state index < -0.39 is 0 Å². The van der Waals surface area contributed by atoms with Gasteiger partial charge < -0.3 is 0 Å². The Hall–Kier alpha value is -3.19. The molecular weight excluding hydrogens is 384 g/mol. The van der Waals surface area contributed by atoms with Gasteiger partial charge in [0.05, 0.1) is 11.3 Å². The molecule has 0 aliphatic rings. The molecule has 0 aliphatic carbocycles. The normalized spacial score (nSPS) is 11.2. The van der Waals surface area contributed by atoms with E-state index in [-0.39, 0.29) is 0 Å². The fourth-order valence-corrected chi connectivity index (χ4v) is 3.87. The van der Waals surface area contributed by atoms with E-state index in [2.05, 4.69) is 47.5 Å². The minimum absolute atomic E-state index is 0.505. The van der Waals surface area contributed by atoms with Crippen molar-refractivity contribution in [3.8, 4) is 28.5 Å². The lowest BCUT2D eigenvalue weighted by Gasteiger charge is -2.03. The maximum Gasteiger partial charge on any atom is 0.134 e. The van der Waals surface area contributed by atoms with Crippen LogP contribution in [0, 0.1) is 11.3 Å². The van der Waals surface area contributed by atoms with Crippen molar-refractivity contribution >= 4 is 34.6 Å². The first-order valence-electron chi connectivity index (χ1n) is 8.73. The zero-order chi connectivity index (χ0) is 19.3. The molecule has 0 bridgehead atoms. The molecule has 1 heterocycles. The fourth-order valence-electron chi connectivity index (χ4n) is 2.88. The number of benzene rings is 3. The first-order valence-corrected chi connectivity index (χ1v) is 9.98. The average Bonchev–Trinajstić information content (AvgIpc) is 3.24. The highest BCUT2D eigenvalue weighted by Gasteiger charge is 2.10. The molecule has 0 saturated carbocycles. The van der Waals surface area contributed by atoms with Crippen molar-refractivity contribution in [1.29, 1.82) is 5.26 Å². The summed E-state index contributed by atoms with van der Waals surface area (Å²) >= 11 is 7.67. The summed E-state index contributed by atoms with van der Waals surface area (Å²) in [5.74, 6) is 0. The van der Waals surface area contributed by atoms with Crippen LogP contribution < -0.4 is 0 Å². The number of hydrogen-bond donors (Lipinski definition) is 0. The lowest BCUT2D eigenvalue weighted by Crippen LogP contribution is -1.84. The molecule has 0 radical (unpaired) electrons. The summed E-state index contributed by atoms with van der Waals surface area (Å²) in [7, 11) is 0. The first kappa shape index (κ1) is 18.2. The quantitative estimate of drug-likeness (QED) is 0.341. The van der Waals surface area contributed by atoms with E-state index in [4.69, 9.17) is 11.6 Å². The first-order chi connectivity index (χ1) is 13.7. The zero-order valence-electron chi connectivity index (χ0n) is 14.8. The summed E-state index contributed by atoms with van der Waals surface area (Å²) in [6.45, 7) is 0. The Kier molecular flexibility index (Phi) is 5.34. The highest BCUT2D eigenvalue weighted by atomic mass is 35.5. The van der Waals surface area contributed by atoms with Crippen LogP contribution in [0.5, 0.6) is 0 Å². The third-order valence-electron chi connectivity index (χ3n) is 4.35. The Labute approximate surface area is 173 Å². The molecule has 0 saturated heterocycles. The van der Waals surface area contributed by atoms with Gasteiger partial charge in [0.15, 0.2) is 0 Å². The zero-order valence-corrected chi connectivity index (χ0v) is 16.4. The molecule has 0 spiro atoms. The molecule has 0 fully saturated rings. The summed E-state index contributed by atoms with van der Waals surface area (Å²) in [6, 6.07) is 28.3. The van der Waals surface area contributed by atoms with E-state index in [9.17, 15) is 5.26 Å². The van der Waals surface area contributed by atoms with Gasteiger partial charge in [0, 0.05) is 16.0 Å². The molecule has 0 amide bonds. The number of hydrogen-bond acceptors (Lipinski definition) is 3. The average molecular weight is 399 g/mol. The van der Waals surface area contributed by atoms with Gasteiger partial charge in [-0.05, 0) is 28.8 Å². The SMILES string of the molecule is N#C/C(=C\c1ccccc1Cl)c1nc(-c2ccc(-c3ccccc3)cc2)cs1. The second-order valence-corrected chi connectivity index (χ2v) is 7.44. The molecule has 2 nitrogen and oxygen atoms in total. The number of nitriles is 1. The van der Waals surface area contributed by atoms with Gasteiger partial charge in [-0.3, -0.25) is 0 Å². The van der Waals surface area contributed by atoms with Gasteiger partial charge in [-0.15, -0.1) is 11.3 Å². The maximum atomic E-state index is 9.58. The minimum Gasteiger partial charge on any atom is -0.235 e. The molecule has 0 atom stereocenters. The molecule has 4 aromatic rings. The van der Waals surface area contributed by atoms with Gasteiger partial charge in [-0.2, -0.15) is 5.26 Å². The van der Waals surface area contributed by atoms with Crippen LogP contribution in [0.2, 0.25) is 5.02 Å². The molecule has 4 heteroatoms. The van der Waals surface area contributed by atoms with Crippen molar-refractivity contribution < 1.29 is 0 Å². The smallest absolute Gasteiger partial charge is 0.134 e. The summed E-state index contributed by atoms with van der Waals surface area (Å²) < 4.78 is 0. The van der Waals surface area contributed by atoms with Gasteiger partial charge in [0.1, 0.15) is 11.1 Å². The van der Waals surface area contributed by atoms with Crippen LogP contribution in [0.15, 0.2) is 84.2 Å². The van der Waals surface area contributed by atoms with E-state index >= 15 is 0 Å². The van der Waals surface area contributed by atoms with E-state index in [0.29, 0.717) is 15.6 Å². The molecular formula is C24H15ClN2S. The number of nitrogens with zero attached hydrogens (tertiary/aromatic N) is 2. The number of rotatable bonds is 4. The highest BCUT2D eigenvalue weighted by Crippen LogP contribution is 2.30. The van der Waals surface area contributed by atoms with Crippen molar-refractivity contribution in [3.63, 3.8) is 0 Å². The monoisotopic (exact) mass is 398 g/mol. The number of thiazole rings is 1. The van der Waals surface area contributed by atoms with Crippen LogP contribution in [-0.2, 0) is 0 Å². The van der Waals surface area contributed by atoms with E-state index in [1.54, 1.807) is 6.08 Å². The summed E-state index contributed by atoms with van der Waals surface area (Å²) in [5.41, 5.74) is 5.55. The van der Waals surface area contributed by atoms with Crippen molar-refractivity contribution in [1.82, 2.24) is 4.98 Å². The van der Waals surface area contributed by atoms with E-state index in [1.807, 2.05) is 47.8 Å². The Morgan fingerprint density at radius 1 is 0.857 bits per heavy atom. The Morgan fingerprint density at radius 3 is 2.21 bits per heavy atom. The van der Waals surface area contributed by atoms with Gasteiger partial charge in [0.2, 0.25) is 0 Å². The topological polar surface area (TPSA) is 36.7 Å². The molecule has 1 aromatic heterocycles. The predicted molar refractivity (Wildman–Crippen MR) is 118 cm³/mol. The second kappa shape index (κ2) is 8.22. The van der Waals surface area contributed by atoms with Crippen LogP contribution in [0.3, 0.4) is 0 Å². The Balaban J connectivity index is 1.62. The van der Waals surface area contributed by atoms with E-state index in [1.165, 1.54) is 16.9 Å². The number of aromatic nitrogens is 1. The van der Waals surface area contributed by atoms with Crippen molar-refractivity contribution in [2.75, 3.05) is 0 Å². The molecule has 28 heavy (non-hydrogen) atoms. The van der Waals surface area contributed by atoms with Crippen molar-refractivity contribution in [2.24, 2.45) is 0 Å². The maximum absolute atomic E-state index is 9.58. The Bertz CT molecular complexity index is 1170. The summed E-state index contributed by atoms with van der Waals surface area (Å²) in [4.78, 5) is 4.66. The van der Waals surface area contributed by atoms with Crippen molar-refractivity contribution in [2.45, 2.75) is 0 Å². The van der Waals surface area contributed by atoms with Crippen LogP contribution >= 0.6 is 22.9 Å².